The predicted molar refractivity (Wildman–Crippen MR) is 163 cm³/mol. The van der Waals surface area contributed by atoms with Crippen molar-refractivity contribution in [2.75, 3.05) is 27.8 Å². The van der Waals surface area contributed by atoms with Crippen LogP contribution in [0.5, 0.6) is 0 Å². The lowest BCUT2D eigenvalue weighted by atomic mass is 9.90. The summed E-state index contributed by atoms with van der Waals surface area (Å²) in [4.78, 5) is 43.7. The summed E-state index contributed by atoms with van der Waals surface area (Å²) in [6.45, 7) is 12.8. The number of carbonyl (C=O) groups excluding carboxylic acids is 3. The Morgan fingerprint density at radius 2 is 1.68 bits per heavy atom. The fourth-order valence-electron chi connectivity index (χ4n) is 6.21. The van der Waals surface area contributed by atoms with Gasteiger partial charge in [-0.15, -0.1) is 0 Å². The molecule has 1 aromatic rings. The van der Waals surface area contributed by atoms with E-state index in [1.54, 1.807) is 19.1 Å². The van der Waals surface area contributed by atoms with Crippen molar-refractivity contribution in [2.45, 2.75) is 110 Å². The Bertz CT molecular complexity index is 955. The van der Waals surface area contributed by atoms with Crippen LogP contribution in [-0.2, 0) is 30.3 Å². The summed E-state index contributed by atoms with van der Waals surface area (Å²) in [5, 5.41) is 3.14. The number of ether oxygens (including phenoxy) is 2. The van der Waals surface area contributed by atoms with Gasteiger partial charge in [0.2, 0.25) is 17.7 Å². The van der Waals surface area contributed by atoms with E-state index in [1.165, 1.54) is 5.56 Å². The summed E-state index contributed by atoms with van der Waals surface area (Å²) in [5.41, 5.74) is 1.17. The van der Waals surface area contributed by atoms with Crippen LogP contribution < -0.4 is 5.32 Å². The third-order valence-corrected chi connectivity index (χ3v) is 8.66. The van der Waals surface area contributed by atoms with Gasteiger partial charge in [-0.2, -0.15) is 0 Å². The molecule has 3 amide bonds. The number of rotatable bonds is 16. The highest BCUT2D eigenvalue weighted by Gasteiger charge is 2.42. The van der Waals surface area contributed by atoms with E-state index < -0.39 is 18.1 Å². The summed E-state index contributed by atoms with van der Waals surface area (Å²) in [5.74, 6) is -0.0402. The first-order valence-corrected chi connectivity index (χ1v) is 15.4. The average Bonchev–Trinajstić information content (AvgIpc) is 3.42. The fourth-order valence-corrected chi connectivity index (χ4v) is 6.21. The second-order valence-electron chi connectivity index (χ2n) is 12.3. The van der Waals surface area contributed by atoms with E-state index in [9.17, 15) is 14.4 Å². The van der Waals surface area contributed by atoms with Gasteiger partial charge in [-0.25, -0.2) is 0 Å². The molecule has 0 spiro atoms. The second-order valence-corrected chi connectivity index (χ2v) is 12.3. The zero-order chi connectivity index (χ0) is 30.7. The Morgan fingerprint density at radius 3 is 2.24 bits per heavy atom. The van der Waals surface area contributed by atoms with Crippen LogP contribution >= 0.6 is 0 Å². The largest absolute Gasteiger partial charge is 0.379 e. The summed E-state index contributed by atoms with van der Waals surface area (Å²) >= 11 is 0. The molecule has 8 nitrogen and oxygen atoms in total. The second kappa shape index (κ2) is 16.9. The minimum absolute atomic E-state index is 0.0236. The fraction of sp³-hybridized carbons (Fsp3) is 0.727. The van der Waals surface area contributed by atoms with Gasteiger partial charge in [0, 0.05) is 40.3 Å². The van der Waals surface area contributed by atoms with Crippen molar-refractivity contribution < 1.29 is 23.9 Å². The number of amides is 3. The van der Waals surface area contributed by atoms with Gasteiger partial charge in [0.05, 0.1) is 36.6 Å². The molecule has 8 heteroatoms. The van der Waals surface area contributed by atoms with E-state index >= 15 is 0 Å². The standard InChI is InChI=1S/C33H55N3O5/c1-10-23(4)31(35(7)29(37)19-22(2)3)28(40-8)21-30(38)36-18-14-17-27(36)32(41-9)25(6)33(39)34-24(5)20-26-15-12-11-13-16-26/h11-13,15-16,22-25,27-28,31-32H,10,14,17-21H2,1-9H3,(H,34,39)/t23?,24-,25-,27?,28?,31?,32?/m1/s1. The monoisotopic (exact) mass is 573 g/mol. The number of nitrogens with one attached hydrogen (secondary N) is 1. The smallest absolute Gasteiger partial charge is 0.225 e. The molecule has 1 aromatic carbocycles. The molecule has 5 unspecified atom stereocenters. The van der Waals surface area contributed by atoms with Crippen LogP contribution in [0.4, 0.5) is 0 Å². The topological polar surface area (TPSA) is 88.2 Å². The lowest BCUT2D eigenvalue weighted by Crippen LogP contribution is -2.53. The summed E-state index contributed by atoms with van der Waals surface area (Å²) in [6.07, 6.45) is 3.02. The van der Waals surface area contributed by atoms with Gasteiger partial charge in [0.25, 0.3) is 0 Å². The minimum atomic E-state index is -0.430. The van der Waals surface area contributed by atoms with Crippen molar-refractivity contribution in [3.05, 3.63) is 35.9 Å². The van der Waals surface area contributed by atoms with Crippen LogP contribution in [0.1, 0.15) is 79.2 Å². The van der Waals surface area contributed by atoms with Crippen molar-refractivity contribution in [1.82, 2.24) is 15.1 Å². The molecule has 0 aliphatic carbocycles. The molecule has 0 bridgehead atoms. The molecule has 41 heavy (non-hydrogen) atoms. The maximum atomic E-state index is 13.8. The van der Waals surface area contributed by atoms with Crippen molar-refractivity contribution in [2.24, 2.45) is 17.8 Å². The number of methoxy groups -OCH3 is 2. The number of likely N-dealkylation sites (N-methyl/N-ethyl adjacent to an activating group) is 1. The number of carbonyl (C=O) groups is 3. The molecule has 1 aliphatic rings. The van der Waals surface area contributed by atoms with Crippen LogP contribution in [0.2, 0.25) is 0 Å². The molecule has 0 saturated carbocycles. The van der Waals surface area contributed by atoms with Crippen molar-refractivity contribution in [3.8, 4) is 0 Å². The number of likely N-dealkylation sites (tertiary alicyclic amines) is 1. The van der Waals surface area contributed by atoms with Gasteiger partial charge in [-0.05, 0) is 43.6 Å². The van der Waals surface area contributed by atoms with Crippen LogP contribution in [0.25, 0.3) is 0 Å². The molecular formula is C33H55N3O5. The van der Waals surface area contributed by atoms with Crippen LogP contribution in [0.3, 0.4) is 0 Å². The van der Waals surface area contributed by atoms with E-state index in [2.05, 4.69) is 31.3 Å². The molecule has 1 aliphatic heterocycles. The van der Waals surface area contributed by atoms with E-state index in [0.717, 1.165) is 25.7 Å². The van der Waals surface area contributed by atoms with Crippen molar-refractivity contribution >= 4 is 17.7 Å². The molecule has 1 N–H and O–H groups in total. The average molecular weight is 574 g/mol. The molecule has 1 fully saturated rings. The Morgan fingerprint density at radius 1 is 1.02 bits per heavy atom. The van der Waals surface area contributed by atoms with Crippen molar-refractivity contribution in [3.63, 3.8) is 0 Å². The van der Waals surface area contributed by atoms with Gasteiger partial charge in [-0.3, -0.25) is 14.4 Å². The summed E-state index contributed by atoms with van der Waals surface area (Å²) < 4.78 is 11.8. The molecule has 0 radical (unpaired) electrons. The molecule has 0 aromatic heterocycles. The molecule has 1 saturated heterocycles. The Kier molecular flexibility index (Phi) is 14.3. The van der Waals surface area contributed by atoms with Gasteiger partial charge < -0.3 is 24.6 Å². The van der Waals surface area contributed by atoms with Gasteiger partial charge in [0.1, 0.15) is 0 Å². The zero-order valence-corrected chi connectivity index (χ0v) is 26.9. The van der Waals surface area contributed by atoms with Gasteiger partial charge in [0.15, 0.2) is 0 Å². The first kappa shape index (κ1) is 34.7. The molecule has 232 valence electrons. The van der Waals surface area contributed by atoms with E-state index in [1.807, 2.05) is 57.8 Å². The zero-order valence-electron chi connectivity index (χ0n) is 26.9. The first-order chi connectivity index (χ1) is 19.4. The lowest BCUT2D eigenvalue weighted by molar-refractivity contribution is -0.146. The summed E-state index contributed by atoms with van der Waals surface area (Å²) in [6, 6.07) is 9.66. The maximum absolute atomic E-state index is 13.8. The maximum Gasteiger partial charge on any atom is 0.225 e. The van der Waals surface area contributed by atoms with Gasteiger partial charge >= 0.3 is 0 Å². The third-order valence-electron chi connectivity index (χ3n) is 8.66. The van der Waals surface area contributed by atoms with Crippen LogP contribution in [-0.4, -0.2) is 85.7 Å². The number of hydrogen-bond donors (Lipinski definition) is 1. The van der Waals surface area contributed by atoms with Crippen LogP contribution in [0, 0.1) is 17.8 Å². The Balaban J connectivity index is 2.12. The number of benzene rings is 1. The highest BCUT2D eigenvalue weighted by molar-refractivity contribution is 5.81. The highest BCUT2D eigenvalue weighted by atomic mass is 16.5. The Labute approximate surface area is 248 Å². The lowest BCUT2D eigenvalue weighted by Gasteiger charge is -2.39. The minimum Gasteiger partial charge on any atom is -0.379 e. The molecule has 2 rings (SSSR count). The molecule has 1 heterocycles. The third kappa shape index (κ3) is 9.81. The molecule has 7 atom stereocenters. The highest BCUT2D eigenvalue weighted by Crippen LogP contribution is 2.29. The van der Waals surface area contributed by atoms with E-state index in [0.29, 0.717) is 13.0 Å². The SMILES string of the molecule is CCC(C)C(C(CC(=O)N1CCCC1C(OC)[C@@H](C)C(=O)N[C@H](C)Cc1ccccc1)OC)N(C)C(=O)CC(C)C. The van der Waals surface area contributed by atoms with E-state index in [-0.39, 0.29) is 54.1 Å². The summed E-state index contributed by atoms with van der Waals surface area (Å²) in [7, 11) is 5.07. The Hall–Kier alpha value is -2.45. The van der Waals surface area contributed by atoms with Crippen LogP contribution in [0.15, 0.2) is 30.3 Å². The van der Waals surface area contributed by atoms with Crippen molar-refractivity contribution in [1.29, 1.82) is 0 Å². The quantitative estimate of drug-likeness (QED) is 0.310. The molecular weight excluding hydrogens is 518 g/mol. The first-order valence-electron chi connectivity index (χ1n) is 15.4. The predicted octanol–water partition coefficient (Wildman–Crippen LogP) is 4.70. The number of nitrogens with zero attached hydrogens (tertiary/aromatic N) is 2. The van der Waals surface area contributed by atoms with Gasteiger partial charge in [-0.1, -0.05) is 71.4 Å². The number of hydrogen-bond acceptors (Lipinski definition) is 5. The normalized spacial score (nSPS) is 19.8. The van der Waals surface area contributed by atoms with E-state index in [4.69, 9.17) is 9.47 Å².